The highest BCUT2D eigenvalue weighted by molar-refractivity contribution is 7.89. The van der Waals surface area contributed by atoms with Crippen LogP contribution in [0.1, 0.15) is 30.4 Å². The Balaban J connectivity index is 1.67. The van der Waals surface area contributed by atoms with Crippen molar-refractivity contribution in [3.05, 3.63) is 41.3 Å². The van der Waals surface area contributed by atoms with Crippen molar-refractivity contribution in [2.24, 2.45) is 5.92 Å². The number of hydrogen-bond donors (Lipinski definition) is 1. The standard InChI is InChI=1S/C18H23N3O4S/c1-12-10-15-6-4-5-7-16(15)21(11-12)17(22)8-9-19-26(23,24)18-13(2)20-25-14(18)3/h4-7,12,19H,8-11H2,1-3H3. The Kier molecular flexibility index (Phi) is 5.15. The Bertz CT molecular complexity index is 901. The zero-order valence-electron chi connectivity index (χ0n) is 15.2. The molecule has 0 fully saturated rings. The molecule has 1 aliphatic heterocycles. The summed E-state index contributed by atoms with van der Waals surface area (Å²) in [5.74, 6) is 0.512. The maximum Gasteiger partial charge on any atom is 0.245 e. The van der Waals surface area contributed by atoms with Gasteiger partial charge in [-0.15, -0.1) is 0 Å². The van der Waals surface area contributed by atoms with Crippen LogP contribution in [-0.2, 0) is 21.2 Å². The van der Waals surface area contributed by atoms with Crippen LogP contribution in [0.4, 0.5) is 5.69 Å². The molecule has 2 heterocycles. The third-order valence-electron chi connectivity index (χ3n) is 4.51. The van der Waals surface area contributed by atoms with Gasteiger partial charge in [-0.2, -0.15) is 0 Å². The highest BCUT2D eigenvalue weighted by Gasteiger charge is 2.27. The van der Waals surface area contributed by atoms with Crippen LogP contribution in [0.2, 0.25) is 0 Å². The number of para-hydroxylation sites is 1. The van der Waals surface area contributed by atoms with Gasteiger partial charge < -0.3 is 9.42 Å². The molecule has 0 radical (unpaired) electrons. The minimum Gasteiger partial charge on any atom is -0.360 e. The highest BCUT2D eigenvalue weighted by Crippen LogP contribution is 2.29. The predicted molar refractivity (Wildman–Crippen MR) is 97.4 cm³/mol. The second-order valence-corrected chi connectivity index (χ2v) is 8.45. The number of fused-ring (bicyclic) bond motifs is 1. The average molecular weight is 377 g/mol. The summed E-state index contributed by atoms with van der Waals surface area (Å²) in [6.45, 7) is 5.90. The van der Waals surface area contributed by atoms with Gasteiger partial charge in [0.2, 0.25) is 15.9 Å². The van der Waals surface area contributed by atoms with Gasteiger partial charge in [0.1, 0.15) is 10.6 Å². The normalized spacial score (nSPS) is 17.2. The van der Waals surface area contributed by atoms with E-state index in [1.54, 1.807) is 18.7 Å². The summed E-state index contributed by atoms with van der Waals surface area (Å²) in [4.78, 5) is 14.5. The molecule has 0 aliphatic carbocycles. The van der Waals surface area contributed by atoms with Crippen LogP contribution in [0.25, 0.3) is 0 Å². The van der Waals surface area contributed by atoms with Crippen molar-refractivity contribution in [3.8, 4) is 0 Å². The van der Waals surface area contributed by atoms with E-state index in [0.29, 0.717) is 18.2 Å². The maximum absolute atomic E-state index is 12.7. The first-order chi connectivity index (χ1) is 12.3. The number of carbonyl (C=O) groups is 1. The zero-order valence-corrected chi connectivity index (χ0v) is 16.0. The van der Waals surface area contributed by atoms with Gasteiger partial charge in [0.25, 0.3) is 0 Å². The van der Waals surface area contributed by atoms with E-state index in [1.807, 2.05) is 24.3 Å². The van der Waals surface area contributed by atoms with E-state index in [4.69, 9.17) is 4.52 Å². The number of nitrogens with zero attached hydrogens (tertiary/aromatic N) is 2. The van der Waals surface area contributed by atoms with Crippen LogP contribution in [0.3, 0.4) is 0 Å². The first-order valence-electron chi connectivity index (χ1n) is 8.60. The lowest BCUT2D eigenvalue weighted by atomic mass is 9.94. The lowest BCUT2D eigenvalue weighted by Gasteiger charge is -2.33. The number of hydrogen-bond acceptors (Lipinski definition) is 5. The molecule has 0 saturated carbocycles. The topological polar surface area (TPSA) is 92.5 Å². The van der Waals surface area contributed by atoms with Crippen LogP contribution in [0.15, 0.2) is 33.7 Å². The monoisotopic (exact) mass is 377 g/mol. The fraction of sp³-hybridized carbons (Fsp3) is 0.444. The number of carbonyl (C=O) groups excluding carboxylic acids is 1. The van der Waals surface area contributed by atoms with Crippen LogP contribution in [0, 0.1) is 19.8 Å². The fourth-order valence-corrected chi connectivity index (χ4v) is 4.75. The Labute approximate surface area is 153 Å². The quantitative estimate of drug-likeness (QED) is 0.862. The van der Waals surface area contributed by atoms with E-state index in [0.717, 1.165) is 17.7 Å². The minimum atomic E-state index is -3.75. The van der Waals surface area contributed by atoms with Crippen molar-refractivity contribution in [3.63, 3.8) is 0 Å². The SMILES string of the molecule is Cc1noc(C)c1S(=O)(=O)NCCC(=O)N1CC(C)Cc2ccccc21. The molecule has 3 rings (SSSR count). The summed E-state index contributed by atoms with van der Waals surface area (Å²) in [5, 5.41) is 3.66. The molecule has 140 valence electrons. The summed E-state index contributed by atoms with van der Waals surface area (Å²) >= 11 is 0. The molecule has 1 aliphatic rings. The summed E-state index contributed by atoms with van der Waals surface area (Å²) in [6.07, 6.45) is 1.03. The predicted octanol–water partition coefficient (Wildman–Crippen LogP) is 2.19. The number of aromatic nitrogens is 1. The van der Waals surface area contributed by atoms with Crippen LogP contribution < -0.4 is 9.62 Å². The molecule has 1 aromatic heterocycles. The third kappa shape index (κ3) is 3.66. The Morgan fingerprint density at radius 2 is 2.08 bits per heavy atom. The molecule has 26 heavy (non-hydrogen) atoms. The van der Waals surface area contributed by atoms with Crippen molar-refractivity contribution in [2.45, 2.75) is 38.5 Å². The van der Waals surface area contributed by atoms with Gasteiger partial charge in [0.05, 0.1) is 0 Å². The molecule has 1 N–H and O–H groups in total. The molecule has 2 aromatic rings. The molecular formula is C18H23N3O4S. The lowest BCUT2D eigenvalue weighted by Crippen LogP contribution is -2.40. The molecule has 1 unspecified atom stereocenters. The van der Waals surface area contributed by atoms with Crippen molar-refractivity contribution in [1.29, 1.82) is 0 Å². The Morgan fingerprint density at radius 3 is 2.77 bits per heavy atom. The van der Waals surface area contributed by atoms with E-state index in [-0.39, 0.29) is 29.5 Å². The maximum atomic E-state index is 12.7. The van der Waals surface area contributed by atoms with Crippen molar-refractivity contribution in [2.75, 3.05) is 18.0 Å². The van der Waals surface area contributed by atoms with Gasteiger partial charge in [-0.3, -0.25) is 4.79 Å². The van der Waals surface area contributed by atoms with E-state index in [9.17, 15) is 13.2 Å². The summed E-state index contributed by atoms with van der Waals surface area (Å²) in [7, 11) is -3.75. The number of benzene rings is 1. The number of anilines is 1. The minimum absolute atomic E-state index is 0.0261. The van der Waals surface area contributed by atoms with Gasteiger partial charge in [-0.05, 0) is 37.8 Å². The second-order valence-electron chi connectivity index (χ2n) is 6.74. The van der Waals surface area contributed by atoms with E-state index < -0.39 is 10.0 Å². The van der Waals surface area contributed by atoms with Gasteiger partial charge in [-0.1, -0.05) is 30.3 Å². The van der Waals surface area contributed by atoms with Crippen LogP contribution in [0.5, 0.6) is 0 Å². The molecule has 0 bridgehead atoms. The zero-order chi connectivity index (χ0) is 18.9. The number of amides is 1. The number of nitrogens with one attached hydrogen (secondary N) is 1. The third-order valence-corrected chi connectivity index (χ3v) is 6.22. The first kappa shape index (κ1) is 18.6. The van der Waals surface area contributed by atoms with Crippen molar-refractivity contribution >= 4 is 21.6 Å². The first-order valence-corrected chi connectivity index (χ1v) is 10.1. The molecule has 7 nitrogen and oxygen atoms in total. The number of rotatable bonds is 5. The second kappa shape index (κ2) is 7.20. The Morgan fingerprint density at radius 1 is 1.35 bits per heavy atom. The molecule has 0 saturated heterocycles. The molecule has 1 atom stereocenters. The van der Waals surface area contributed by atoms with Gasteiger partial charge >= 0.3 is 0 Å². The summed E-state index contributed by atoms with van der Waals surface area (Å²) in [6, 6.07) is 7.85. The lowest BCUT2D eigenvalue weighted by molar-refractivity contribution is -0.118. The largest absolute Gasteiger partial charge is 0.360 e. The van der Waals surface area contributed by atoms with Gasteiger partial charge in [-0.25, -0.2) is 13.1 Å². The molecule has 0 spiro atoms. The van der Waals surface area contributed by atoms with E-state index >= 15 is 0 Å². The summed E-state index contributed by atoms with van der Waals surface area (Å²) < 4.78 is 32.2. The van der Waals surface area contributed by atoms with Crippen LogP contribution in [-0.4, -0.2) is 32.6 Å². The number of aryl methyl sites for hydroxylation is 2. The highest BCUT2D eigenvalue weighted by atomic mass is 32.2. The van der Waals surface area contributed by atoms with E-state index in [1.165, 1.54) is 0 Å². The fourth-order valence-electron chi connectivity index (χ4n) is 3.39. The summed E-state index contributed by atoms with van der Waals surface area (Å²) in [5.41, 5.74) is 2.38. The smallest absolute Gasteiger partial charge is 0.245 e. The average Bonchev–Trinajstić information content (AvgIpc) is 2.93. The van der Waals surface area contributed by atoms with Crippen molar-refractivity contribution < 1.29 is 17.7 Å². The Hall–Kier alpha value is -2.19. The molecule has 8 heteroatoms. The van der Waals surface area contributed by atoms with Gasteiger partial charge in [0.15, 0.2) is 5.76 Å². The van der Waals surface area contributed by atoms with Gasteiger partial charge in [0, 0.05) is 25.2 Å². The molecule has 1 amide bonds. The van der Waals surface area contributed by atoms with Crippen LogP contribution >= 0.6 is 0 Å². The van der Waals surface area contributed by atoms with Crippen molar-refractivity contribution in [1.82, 2.24) is 9.88 Å². The van der Waals surface area contributed by atoms with E-state index in [2.05, 4.69) is 16.8 Å². The number of sulfonamides is 1. The molecule has 1 aromatic carbocycles. The molecular weight excluding hydrogens is 354 g/mol.